The molecule has 0 amide bonds. The van der Waals surface area contributed by atoms with Crippen molar-refractivity contribution in [1.29, 1.82) is 5.26 Å². The van der Waals surface area contributed by atoms with E-state index >= 15 is 0 Å². The Labute approximate surface area is 103 Å². The van der Waals surface area contributed by atoms with Gasteiger partial charge in [0.25, 0.3) is 0 Å². The van der Waals surface area contributed by atoms with Crippen molar-refractivity contribution in [3.05, 3.63) is 41.8 Å². The number of carboxylic acid groups (broad SMARTS) is 1. The molecule has 0 saturated carbocycles. The van der Waals surface area contributed by atoms with Crippen molar-refractivity contribution in [3.8, 4) is 6.07 Å². The standard InChI is InChI=1S/C12H9N3O3/c1-15(9-4-2-3-8(5-9)6-13)12-14-10(7-18-12)11(16)17/h2-5,7H,1H3,(H,16,17). The van der Waals surface area contributed by atoms with Gasteiger partial charge in [0.1, 0.15) is 6.26 Å². The van der Waals surface area contributed by atoms with Gasteiger partial charge in [-0.1, -0.05) is 6.07 Å². The van der Waals surface area contributed by atoms with Crippen LogP contribution in [0.25, 0.3) is 0 Å². The zero-order valence-electron chi connectivity index (χ0n) is 9.49. The Morgan fingerprint density at radius 2 is 2.33 bits per heavy atom. The van der Waals surface area contributed by atoms with Gasteiger partial charge in [0.15, 0.2) is 5.69 Å². The number of aromatic nitrogens is 1. The minimum Gasteiger partial charge on any atom is -0.476 e. The molecule has 0 aliphatic rings. The molecule has 0 aliphatic heterocycles. The molecular weight excluding hydrogens is 234 g/mol. The molecule has 0 radical (unpaired) electrons. The van der Waals surface area contributed by atoms with Crippen molar-refractivity contribution in [2.45, 2.75) is 0 Å². The number of nitrogens with zero attached hydrogens (tertiary/aromatic N) is 3. The topological polar surface area (TPSA) is 90.4 Å². The summed E-state index contributed by atoms with van der Waals surface area (Å²) < 4.78 is 5.07. The Hall–Kier alpha value is -2.81. The van der Waals surface area contributed by atoms with Crippen LogP contribution in [-0.2, 0) is 0 Å². The summed E-state index contributed by atoms with van der Waals surface area (Å²) in [7, 11) is 1.67. The van der Waals surface area contributed by atoms with Gasteiger partial charge in [-0.2, -0.15) is 10.2 Å². The SMILES string of the molecule is CN(c1cccc(C#N)c1)c1nc(C(=O)O)co1. The maximum atomic E-state index is 10.7. The van der Waals surface area contributed by atoms with Crippen LogP contribution < -0.4 is 4.90 Å². The molecule has 0 bridgehead atoms. The molecule has 6 nitrogen and oxygen atoms in total. The summed E-state index contributed by atoms with van der Waals surface area (Å²) in [6, 6.07) is 9.01. The van der Waals surface area contributed by atoms with Gasteiger partial charge in [0.2, 0.25) is 0 Å². The summed E-state index contributed by atoms with van der Waals surface area (Å²) in [4.78, 5) is 16.1. The second kappa shape index (κ2) is 4.59. The molecule has 1 aromatic carbocycles. The summed E-state index contributed by atoms with van der Waals surface area (Å²) in [6.07, 6.45) is 1.07. The van der Waals surface area contributed by atoms with Crippen molar-refractivity contribution in [1.82, 2.24) is 4.98 Å². The van der Waals surface area contributed by atoms with Crippen LogP contribution in [-0.4, -0.2) is 23.1 Å². The number of benzene rings is 1. The molecule has 18 heavy (non-hydrogen) atoms. The van der Waals surface area contributed by atoms with Crippen molar-refractivity contribution < 1.29 is 14.3 Å². The quantitative estimate of drug-likeness (QED) is 0.886. The minimum atomic E-state index is -1.15. The number of carbonyl (C=O) groups is 1. The van der Waals surface area contributed by atoms with E-state index in [1.165, 1.54) is 0 Å². The number of aromatic carboxylic acids is 1. The van der Waals surface area contributed by atoms with E-state index in [-0.39, 0.29) is 11.7 Å². The smallest absolute Gasteiger partial charge is 0.357 e. The van der Waals surface area contributed by atoms with Crippen LogP contribution in [0.2, 0.25) is 0 Å². The fraction of sp³-hybridized carbons (Fsp3) is 0.0833. The van der Waals surface area contributed by atoms with Crippen LogP contribution in [0.3, 0.4) is 0 Å². The number of hydrogen-bond acceptors (Lipinski definition) is 5. The van der Waals surface area contributed by atoms with Gasteiger partial charge in [0, 0.05) is 12.7 Å². The van der Waals surface area contributed by atoms with Crippen molar-refractivity contribution in [2.75, 3.05) is 11.9 Å². The van der Waals surface area contributed by atoms with E-state index in [0.29, 0.717) is 11.3 Å². The maximum absolute atomic E-state index is 10.7. The Balaban J connectivity index is 2.32. The van der Waals surface area contributed by atoms with Crippen LogP contribution in [0.5, 0.6) is 0 Å². The Bertz CT molecular complexity index is 627. The van der Waals surface area contributed by atoms with Gasteiger partial charge in [-0.05, 0) is 18.2 Å². The van der Waals surface area contributed by atoms with E-state index in [0.717, 1.165) is 6.26 Å². The summed E-state index contributed by atoms with van der Waals surface area (Å²) in [6.45, 7) is 0. The summed E-state index contributed by atoms with van der Waals surface area (Å²) in [5, 5.41) is 17.6. The monoisotopic (exact) mass is 243 g/mol. The van der Waals surface area contributed by atoms with Crippen LogP contribution >= 0.6 is 0 Å². The normalized spacial score (nSPS) is 9.78. The predicted molar refractivity (Wildman–Crippen MR) is 62.7 cm³/mol. The molecule has 2 aromatic rings. The number of nitriles is 1. The van der Waals surface area contributed by atoms with Crippen molar-refractivity contribution in [3.63, 3.8) is 0 Å². The maximum Gasteiger partial charge on any atom is 0.357 e. The third-order valence-electron chi connectivity index (χ3n) is 2.36. The molecular formula is C12H9N3O3. The highest BCUT2D eigenvalue weighted by atomic mass is 16.4. The van der Waals surface area contributed by atoms with Crippen LogP contribution in [0, 0.1) is 11.3 Å². The first-order chi connectivity index (χ1) is 8.61. The molecule has 1 N–H and O–H groups in total. The number of hydrogen-bond donors (Lipinski definition) is 1. The summed E-state index contributed by atoms with van der Waals surface area (Å²) in [5.41, 5.74) is 1.03. The summed E-state index contributed by atoms with van der Waals surface area (Å²) in [5.74, 6) is -1.15. The zero-order chi connectivity index (χ0) is 13.1. The van der Waals surface area contributed by atoms with Crippen LogP contribution in [0.4, 0.5) is 11.7 Å². The van der Waals surface area contributed by atoms with Crippen molar-refractivity contribution in [2.24, 2.45) is 0 Å². The second-order valence-electron chi connectivity index (χ2n) is 3.54. The Morgan fingerprint density at radius 3 is 2.94 bits per heavy atom. The van der Waals surface area contributed by atoms with Crippen molar-refractivity contribution >= 4 is 17.7 Å². The molecule has 1 heterocycles. The molecule has 0 aliphatic carbocycles. The molecule has 6 heteroatoms. The lowest BCUT2D eigenvalue weighted by Crippen LogP contribution is -2.10. The Kier molecular flexibility index (Phi) is 2.98. The van der Waals surface area contributed by atoms with Gasteiger partial charge in [-0.15, -0.1) is 0 Å². The second-order valence-corrected chi connectivity index (χ2v) is 3.54. The fourth-order valence-electron chi connectivity index (χ4n) is 1.41. The molecule has 0 atom stereocenters. The highest BCUT2D eigenvalue weighted by Gasteiger charge is 2.14. The van der Waals surface area contributed by atoms with E-state index in [1.54, 1.807) is 36.2 Å². The average Bonchev–Trinajstić information content (AvgIpc) is 2.87. The van der Waals surface area contributed by atoms with E-state index in [2.05, 4.69) is 4.98 Å². The van der Waals surface area contributed by atoms with Crippen LogP contribution in [0.1, 0.15) is 16.1 Å². The Morgan fingerprint density at radius 1 is 1.56 bits per heavy atom. The first-order valence-electron chi connectivity index (χ1n) is 5.04. The highest BCUT2D eigenvalue weighted by Crippen LogP contribution is 2.23. The minimum absolute atomic E-state index is 0.155. The fourth-order valence-corrected chi connectivity index (χ4v) is 1.41. The van der Waals surface area contributed by atoms with Gasteiger partial charge in [-0.3, -0.25) is 4.90 Å². The highest BCUT2D eigenvalue weighted by molar-refractivity contribution is 5.85. The first kappa shape index (κ1) is 11.7. The molecule has 0 fully saturated rings. The van der Waals surface area contributed by atoms with Gasteiger partial charge < -0.3 is 9.52 Å². The van der Waals surface area contributed by atoms with Gasteiger partial charge >= 0.3 is 12.0 Å². The molecule has 0 spiro atoms. The zero-order valence-corrected chi connectivity index (χ0v) is 9.49. The third kappa shape index (κ3) is 2.15. The largest absolute Gasteiger partial charge is 0.476 e. The lowest BCUT2D eigenvalue weighted by Gasteiger charge is -2.14. The number of rotatable bonds is 3. The molecule has 1 aromatic heterocycles. The molecule has 2 rings (SSSR count). The number of oxazole rings is 1. The average molecular weight is 243 g/mol. The van der Waals surface area contributed by atoms with Crippen LogP contribution in [0.15, 0.2) is 34.9 Å². The molecule has 0 unspecified atom stereocenters. The van der Waals surface area contributed by atoms with E-state index < -0.39 is 5.97 Å². The van der Waals surface area contributed by atoms with E-state index in [9.17, 15) is 4.79 Å². The van der Waals surface area contributed by atoms with Gasteiger partial charge in [-0.25, -0.2) is 4.79 Å². The van der Waals surface area contributed by atoms with E-state index in [4.69, 9.17) is 14.8 Å². The lowest BCUT2D eigenvalue weighted by atomic mass is 10.2. The predicted octanol–water partition coefficient (Wildman–Crippen LogP) is 2.01. The van der Waals surface area contributed by atoms with Gasteiger partial charge in [0.05, 0.1) is 11.6 Å². The number of carboxylic acids is 1. The number of anilines is 2. The molecule has 90 valence electrons. The third-order valence-corrected chi connectivity index (χ3v) is 2.36. The molecule has 0 saturated heterocycles. The lowest BCUT2D eigenvalue weighted by molar-refractivity contribution is 0.0690. The van der Waals surface area contributed by atoms with E-state index in [1.807, 2.05) is 6.07 Å². The first-order valence-corrected chi connectivity index (χ1v) is 5.04. The summed E-state index contributed by atoms with van der Waals surface area (Å²) >= 11 is 0.